The van der Waals surface area contributed by atoms with Gasteiger partial charge in [0.15, 0.2) is 0 Å². The van der Waals surface area contributed by atoms with Crippen molar-refractivity contribution < 1.29 is 14.4 Å². The van der Waals surface area contributed by atoms with Crippen LogP contribution in [0.15, 0.2) is 0 Å². The van der Waals surface area contributed by atoms with Gasteiger partial charge in [0.05, 0.1) is 0 Å². The third kappa shape index (κ3) is 2720. The average Bonchev–Trinajstić information content (AvgIpc) is 2.40. The molecule has 0 atom stereocenters. The van der Waals surface area contributed by atoms with Crippen molar-refractivity contribution in [2.45, 2.75) is 54.9 Å². The van der Waals surface area contributed by atoms with Gasteiger partial charge in [0, 0.05) is 14.0 Å². The van der Waals surface area contributed by atoms with E-state index in [-0.39, 0.29) is 5.91 Å². The SMILES string of the molecule is C=O.C=O.CC.CC.CCC.CNC(C)=O. The van der Waals surface area contributed by atoms with Gasteiger partial charge < -0.3 is 14.9 Å². The molecule has 0 heterocycles. The Morgan fingerprint density at radius 2 is 1.00 bits per heavy atom. The monoisotopic (exact) mass is 237 g/mol. The summed E-state index contributed by atoms with van der Waals surface area (Å²) in [5.41, 5.74) is 0. The molecule has 0 aliphatic carbocycles. The first-order chi connectivity index (χ1) is 7.68. The number of carbonyl (C=O) groups is 3. The second-order valence-electron chi connectivity index (χ2n) is 1.51. The van der Waals surface area contributed by atoms with E-state index < -0.39 is 0 Å². The molecule has 1 amide bonds. The van der Waals surface area contributed by atoms with Gasteiger partial charge in [-0.25, -0.2) is 0 Å². The number of hydrogen-bond acceptors (Lipinski definition) is 3. The lowest BCUT2D eigenvalue weighted by molar-refractivity contribution is -0.118. The quantitative estimate of drug-likeness (QED) is 0.704. The lowest BCUT2D eigenvalue weighted by atomic mass is 10.6. The highest BCUT2D eigenvalue weighted by molar-refractivity contribution is 5.72. The first-order valence-corrected chi connectivity index (χ1v) is 5.45. The molecular weight excluding hydrogens is 206 g/mol. The molecule has 0 saturated heterocycles. The van der Waals surface area contributed by atoms with Gasteiger partial charge in [0.1, 0.15) is 13.6 Å². The van der Waals surface area contributed by atoms with Gasteiger partial charge in [-0.1, -0.05) is 48.0 Å². The molecule has 0 rings (SSSR count). The minimum absolute atomic E-state index is 0.00463. The fraction of sp³-hybridized carbons (Fsp3) is 0.750. The van der Waals surface area contributed by atoms with Crippen molar-refractivity contribution >= 4 is 19.5 Å². The van der Waals surface area contributed by atoms with Crippen molar-refractivity contribution in [3.8, 4) is 0 Å². The molecule has 0 aliphatic rings. The first-order valence-electron chi connectivity index (χ1n) is 5.45. The van der Waals surface area contributed by atoms with Gasteiger partial charge in [-0.05, 0) is 0 Å². The third-order valence-electron chi connectivity index (χ3n) is 0.352. The highest BCUT2D eigenvalue weighted by atomic mass is 16.1. The van der Waals surface area contributed by atoms with Crippen molar-refractivity contribution in [3.63, 3.8) is 0 Å². The fourth-order valence-corrected chi connectivity index (χ4v) is 0. The number of nitrogens with one attached hydrogen (secondary N) is 1. The minimum atomic E-state index is 0.00463. The molecule has 4 nitrogen and oxygen atoms in total. The summed E-state index contributed by atoms with van der Waals surface area (Å²) in [6, 6.07) is 0. The van der Waals surface area contributed by atoms with Crippen LogP contribution in [0.25, 0.3) is 0 Å². The number of amides is 1. The maximum Gasteiger partial charge on any atom is 0.216 e. The van der Waals surface area contributed by atoms with Crippen LogP contribution in [0, 0.1) is 0 Å². The minimum Gasteiger partial charge on any atom is -0.359 e. The zero-order valence-corrected chi connectivity index (χ0v) is 12.3. The first kappa shape index (κ1) is 36.4. The molecule has 0 fully saturated rings. The van der Waals surface area contributed by atoms with E-state index in [1.54, 1.807) is 7.05 Å². The summed E-state index contributed by atoms with van der Waals surface area (Å²) in [5, 5.41) is 2.39. The molecule has 0 aromatic rings. The van der Waals surface area contributed by atoms with Crippen molar-refractivity contribution in [1.29, 1.82) is 0 Å². The lowest BCUT2D eigenvalue weighted by Crippen LogP contribution is -2.11. The van der Waals surface area contributed by atoms with E-state index >= 15 is 0 Å². The predicted molar refractivity (Wildman–Crippen MR) is 72.6 cm³/mol. The molecule has 102 valence electrons. The molecule has 0 spiro atoms. The van der Waals surface area contributed by atoms with E-state index in [0.29, 0.717) is 0 Å². The van der Waals surface area contributed by atoms with Crippen molar-refractivity contribution in [2.24, 2.45) is 0 Å². The van der Waals surface area contributed by atoms with E-state index in [1.165, 1.54) is 13.3 Å². The van der Waals surface area contributed by atoms with Crippen molar-refractivity contribution in [2.75, 3.05) is 7.05 Å². The second kappa shape index (κ2) is 156. The molecule has 0 unspecified atom stereocenters. The Kier molecular flexibility index (Phi) is 355. The normalized spacial score (nSPS) is 4.50. The van der Waals surface area contributed by atoms with Crippen LogP contribution in [-0.4, -0.2) is 26.5 Å². The summed E-state index contributed by atoms with van der Waals surface area (Å²) in [5.74, 6) is 0.00463. The summed E-state index contributed by atoms with van der Waals surface area (Å²) in [7, 11) is 1.60. The Hall–Kier alpha value is -1.19. The molecule has 1 N–H and O–H groups in total. The van der Waals surface area contributed by atoms with Crippen LogP contribution < -0.4 is 5.32 Å². The van der Waals surface area contributed by atoms with Gasteiger partial charge in [0.25, 0.3) is 0 Å². The van der Waals surface area contributed by atoms with Crippen LogP contribution in [0.3, 0.4) is 0 Å². The summed E-state index contributed by atoms with van der Waals surface area (Å²) < 4.78 is 0. The second-order valence-corrected chi connectivity index (χ2v) is 1.51. The Balaban J connectivity index is -0.0000000201. The van der Waals surface area contributed by atoms with Gasteiger partial charge >= 0.3 is 0 Å². The summed E-state index contributed by atoms with van der Waals surface area (Å²) in [6.07, 6.45) is 1.25. The highest BCUT2D eigenvalue weighted by Crippen LogP contribution is 1.56. The lowest BCUT2D eigenvalue weighted by Gasteiger charge is -1.80. The average molecular weight is 237 g/mol. The van der Waals surface area contributed by atoms with Crippen LogP contribution in [-0.2, 0) is 14.4 Å². The molecule has 0 aromatic carbocycles. The predicted octanol–water partition coefficient (Wildman–Crippen LogP) is 2.85. The molecular formula is C12H31NO3. The molecule has 0 bridgehead atoms. The molecule has 0 aliphatic heterocycles. The Morgan fingerprint density at radius 1 is 0.938 bits per heavy atom. The number of hydrogen-bond donors (Lipinski definition) is 1. The van der Waals surface area contributed by atoms with E-state index in [9.17, 15) is 4.79 Å². The third-order valence-corrected chi connectivity index (χ3v) is 0.352. The van der Waals surface area contributed by atoms with Crippen LogP contribution in [0.5, 0.6) is 0 Å². The van der Waals surface area contributed by atoms with E-state index in [0.717, 1.165) is 0 Å². The zero-order chi connectivity index (χ0) is 15.0. The Bertz CT molecular complexity index is 76.7. The van der Waals surface area contributed by atoms with Crippen molar-refractivity contribution in [1.82, 2.24) is 5.32 Å². The van der Waals surface area contributed by atoms with E-state index in [1.807, 2.05) is 41.3 Å². The summed E-state index contributed by atoms with van der Waals surface area (Å²) in [6.45, 7) is 17.7. The zero-order valence-electron chi connectivity index (χ0n) is 12.3. The topological polar surface area (TPSA) is 63.2 Å². The Labute approximate surface area is 102 Å². The van der Waals surface area contributed by atoms with Crippen LogP contribution in [0.2, 0.25) is 0 Å². The molecule has 0 aromatic heterocycles. The van der Waals surface area contributed by atoms with Crippen LogP contribution in [0.4, 0.5) is 0 Å². The molecule has 0 saturated carbocycles. The summed E-state index contributed by atoms with van der Waals surface area (Å²) in [4.78, 5) is 25.7. The van der Waals surface area contributed by atoms with E-state index in [2.05, 4.69) is 19.2 Å². The van der Waals surface area contributed by atoms with Crippen LogP contribution >= 0.6 is 0 Å². The Morgan fingerprint density at radius 3 is 1.00 bits per heavy atom. The highest BCUT2D eigenvalue weighted by Gasteiger charge is 1.72. The van der Waals surface area contributed by atoms with Crippen molar-refractivity contribution in [3.05, 3.63) is 0 Å². The fourth-order valence-electron chi connectivity index (χ4n) is 0. The maximum absolute atomic E-state index is 9.70. The van der Waals surface area contributed by atoms with Gasteiger partial charge in [-0.15, -0.1) is 0 Å². The van der Waals surface area contributed by atoms with Gasteiger partial charge in [0.2, 0.25) is 5.91 Å². The molecule has 0 radical (unpaired) electrons. The molecule has 4 heteroatoms. The standard InChI is InChI=1S/C3H7NO.C3H8.2C2H6.2CH2O/c1-3(5)4-2;1-3-2;4*1-2/h1-2H3,(H,4,5);3H2,1-2H3;2*1-2H3;2*1H2. The number of carbonyl (C=O) groups excluding carboxylic acids is 3. The van der Waals surface area contributed by atoms with Gasteiger partial charge in [-0.2, -0.15) is 0 Å². The smallest absolute Gasteiger partial charge is 0.216 e. The largest absolute Gasteiger partial charge is 0.359 e. The van der Waals surface area contributed by atoms with Crippen LogP contribution in [0.1, 0.15) is 54.9 Å². The van der Waals surface area contributed by atoms with Gasteiger partial charge in [-0.3, -0.25) is 4.79 Å². The maximum atomic E-state index is 9.70. The van der Waals surface area contributed by atoms with E-state index in [4.69, 9.17) is 9.59 Å². The number of rotatable bonds is 0. The summed E-state index contributed by atoms with van der Waals surface area (Å²) >= 11 is 0. The molecule has 16 heavy (non-hydrogen) atoms.